The van der Waals surface area contributed by atoms with Crippen molar-refractivity contribution in [2.24, 2.45) is 5.14 Å². The van der Waals surface area contributed by atoms with E-state index in [9.17, 15) is 8.42 Å². The summed E-state index contributed by atoms with van der Waals surface area (Å²) < 4.78 is 30.6. The van der Waals surface area contributed by atoms with E-state index in [0.29, 0.717) is 36.2 Å². The fourth-order valence-electron chi connectivity index (χ4n) is 2.27. The molecule has 1 aromatic carbocycles. The van der Waals surface area contributed by atoms with Crippen molar-refractivity contribution in [1.29, 1.82) is 0 Å². The highest BCUT2D eigenvalue weighted by atomic mass is 35.5. The molecule has 1 aromatic rings. The van der Waals surface area contributed by atoms with Gasteiger partial charge in [0.05, 0.1) is 16.7 Å². The molecule has 0 unspecified atom stereocenters. The van der Waals surface area contributed by atoms with Crippen molar-refractivity contribution >= 4 is 33.4 Å². The molecule has 6 nitrogen and oxygen atoms in total. The van der Waals surface area contributed by atoms with Crippen LogP contribution in [0.2, 0.25) is 10.0 Å². The Balaban J connectivity index is 2.35. The third-order valence-electron chi connectivity index (χ3n) is 3.37. The van der Waals surface area contributed by atoms with Crippen LogP contribution in [0.3, 0.4) is 0 Å². The summed E-state index contributed by atoms with van der Waals surface area (Å²) >= 11 is 12.0. The summed E-state index contributed by atoms with van der Waals surface area (Å²) in [6, 6.07) is 5.14. The zero-order valence-corrected chi connectivity index (χ0v) is 13.6. The average molecular weight is 354 g/mol. The van der Waals surface area contributed by atoms with Crippen LogP contribution in [0.15, 0.2) is 18.2 Å². The molecule has 0 aliphatic carbocycles. The second kappa shape index (κ2) is 6.78. The molecule has 4 N–H and O–H groups in total. The maximum Gasteiger partial charge on any atom is 0.274 e. The molecule has 1 aliphatic rings. The number of hydrogen-bond acceptors (Lipinski definition) is 4. The number of hydrogen-bond donors (Lipinski definition) is 3. The van der Waals surface area contributed by atoms with Crippen LogP contribution in [0.5, 0.6) is 0 Å². The van der Waals surface area contributed by atoms with Gasteiger partial charge in [0.15, 0.2) is 0 Å². The molecule has 0 radical (unpaired) electrons. The molecule has 1 saturated heterocycles. The molecule has 118 valence electrons. The van der Waals surface area contributed by atoms with E-state index in [0.717, 1.165) is 5.56 Å². The van der Waals surface area contributed by atoms with Gasteiger partial charge >= 0.3 is 0 Å². The van der Waals surface area contributed by atoms with Crippen LogP contribution in [0.4, 0.5) is 0 Å². The molecule has 0 aromatic heterocycles. The Morgan fingerprint density at radius 2 is 2.10 bits per heavy atom. The van der Waals surface area contributed by atoms with Gasteiger partial charge in [-0.2, -0.15) is 13.1 Å². The first-order chi connectivity index (χ1) is 9.82. The van der Waals surface area contributed by atoms with Crippen LogP contribution in [0.1, 0.15) is 12.0 Å². The predicted octanol–water partition coefficient (Wildman–Crippen LogP) is 0.992. The fourth-order valence-corrected chi connectivity index (χ4v) is 3.00. The Kier molecular flexibility index (Phi) is 5.48. The van der Waals surface area contributed by atoms with Gasteiger partial charge in [0, 0.05) is 13.1 Å². The van der Waals surface area contributed by atoms with Gasteiger partial charge in [0.1, 0.15) is 5.60 Å². The summed E-state index contributed by atoms with van der Waals surface area (Å²) in [7, 11) is -3.81. The van der Waals surface area contributed by atoms with Gasteiger partial charge in [-0.1, -0.05) is 29.3 Å². The quantitative estimate of drug-likeness (QED) is 0.752. The lowest BCUT2D eigenvalue weighted by atomic mass is 9.90. The van der Waals surface area contributed by atoms with Crippen LogP contribution >= 0.6 is 23.2 Å². The number of benzene rings is 1. The summed E-state index contributed by atoms with van der Waals surface area (Å²) in [5.74, 6) is 0. The van der Waals surface area contributed by atoms with Crippen LogP contribution in [0, 0.1) is 0 Å². The first kappa shape index (κ1) is 17.0. The first-order valence-electron chi connectivity index (χ1n) is 6.40. The second-order valence-corrected chi connectivity index (χ2v) is 7.03. The first-order valence-corrected chi connectivity index (χ1v) is 8.70. The van der Waals surface area contributed by atoms with E-state index < -0.39 is 15.8 Å². The van der Waals surface area contributed by atoms with Crippen molar-refractivity contribution in [1.82, 2.24) is 10.0 Å². The molecule has 1 fully saturated rings. The average Bonchev–Trinajstić information content (AvgIpc) is 2.65. The molecule has 0 amide bonds. The highest BCUT2D eigenvalue weighted by molar-refractivity contribution is 7.87. The summed E-state index contributed by atoms with van der Waals surface area (Å²) in [5, 5.41) is 9.05. The van der Waals surface area contributed by atoms with E-state index >= 15 is 0 Å². The third-order valence-corrected chi connectivity index (χ3v) is 4.65. The molecular formula is C12H17Cl2N3O3S. The number of halogens is 2. The van der Waals surface area contributed by atoms with Crippen molar-refractivity contribution in [2.75, 3.05) is 26.2 Å². The van der Waals surface area contributed by atoms with Crippen molar-refractivity contribution in [3.8, 4) is 0 Å². The SMILES string of the molecule is NS(=O)(=O)NC[C@@]1(c2ccc(Cl)c(Cl)c2)CCNCCO1. The molecule has 1 atom stereocenters. The van der Waals surface area contributed by atoms with Gasteiger partial charge in [-0.3, -0.25) is 0 Å². The van der Waals surface area contributed by atoms with E-state index in [2.05, 4.69) is 10.0 Å². The lowest BCUT2D eigenvalue weighted by molar-refractivity contribution is -0.0382. The van der Waals surface area contributed by atoms with Crippen LogP contribution in [0.25, 0.3) is 0 Å². The topological polar surface area (TPSA) is 93.5 Å². The smallest absolute Gasteiger partial charge is 0.274 e. The van der Waals surface area contributed by atoms with Crippen molar-refractivity contribution < 1.29 is 13.2 Å². The molecular weight excluding hydrogens is 337 g/mol. The maximum atomic E-state index is 11.2. The minimum atomic E-state index is -3.81. The summed E-state index contributed by atoms with van der Waals surface area (Å²) in [5.41, 5.74) is -0.0683. The maximum absolute atomic E-state index is 11.2. The number of ether oxygens (including phenoxy) is 1. The number of rotatable bonds is 4. The molecule has 2 rings (SSSR count). The molecule has 21 heavy (non-hydrogen) atoms. The van der Waals surface area contributed by atoms with E-state index in [-0.39, 0.29) is 6.54 Å². The standard InChI is InChI=1S/C12H17Cl2N3O3S/c13-10-2-1-9(7-11(10)14)12(8-17-21(15,18)19)3-4-16-5-6-20-12/h1-2,7,16-17H,3-6,8H2,(H2,15,18,19)/t12-/m1/s1. The number of nitrogens with one attached hydrogen (secondary N) is 2. The van der Waals surface area contributed by atoms with Gasteiger partial charge in [-0.15, -0.1) is 0 Å². The molecule has 0 saturated carbocycles. The third kappa shape index (κ3) is 4.53. The summed E-state index contributed by atoms with van der Waals surface area (Å²) in [6.07, 6.45) is 0.577. The van der Waals surface area contributed by atoms with Crippen LogP contribution in [-0.2, 0) is 20.5 Å². The van der Waals surface area contributed by atoms with Crippen LogP contribution in [-0.4, -0.2) is 34.7 Å². The predicted molar refractivity (Wildman–Crippen MR) is 82.7 cm³/mol. The van der Waals surface area contributed by atoms with Crippen LogP contribution < -0.4 is 15.2 Å². The van der Waals surface area contributed by atoms with Crippen molar-refractivity contribution in [2.45, 2.75) is 12.0 Å². The monoisotopic (exact) mass is 353 g/mol. The normalized spacial score (nSPS) is 23.8. The Morgan fingerprint density at radius 1 is 1.33 bits per heavy atom. The van der Waals surface area contributed by atoms with Gasteiger partial charge < -0.3 is 10.1 Å². The van der Waals surface area contributed by atoms with Crippen molar-refractivity contribution in [3.05, 3.63) is 33.8 Å². The summed E-state index contributed by atoms with van der Waals surface area (Å²) in [4.78, 5) is 0. The van der Waals surface area contributed by atoms with Gasteiger partial charge in [-0.25, -0.2) is 5.14 Å². The second-order valence-electron chi connectivity index (χ2n) is 4.84. The van der Waals surface area contributed by atoms with E-state index in [1.807, 2.05) is 0 Å². The van der Waals surface area contributed by atoms with Gasteiger partial charge in [0.2, 0.25) is 0 Å². The highest BCUT2D eigenvalue weighted by Crippen LogP contribution is 2.34. The van der Waals surface area contributed by atoms with Gasteiger partial charge in [-0.05, 0) is 30.7 Å². The minimum Gasteiger partial charge on any atom is -0.368 e. The number of nitrogens with two attached hydrogens (primary N) is 1. The Morgan fingerprint density at radius 3 is 2.76 bits per heavy atom. The van der Waals surface area contributed by atoms with E-state index in [4.69, 9.17) is 33.1 Å². The largest absolute Gasteiger partial charge is 0.368 e. The van der Waals surface area contributed by atoms with Crippen molar-refractivity contribution in [3.63, 3.8) is 0 Å². The zero-order chi connectivity index (χ0) is 15.5. The lowest BCUT2D eigenvalue weighted by Gasteiger charge is -2.33. The van der Waals surface area contributed by atoms with Gasteiger partial charge in [0.25, 0.3) is 10.2 Å². The molecule has 1 aliphatic heterocycles. The lowest BCUT2D eigenvalue weighted by Crippen LogP contribution is -2.45. The van der Waals surface area contributed by atoms with E-state index in [1.165, 1.54) is 0 Å². The molecule has 1 heterocycles. The summed E-state index contributed by atoms with van der Waals surface area (Å²) in [6.45, 7) is 1.86. The molecule has 9 heteroatoms. The van der Waals surface area contributed by atoms with E-state index in [1.54, 1.807) is 18.2 Å². The fraction of sp³-hybridized carbons (Fsp3) is 0.500. The highest BCUT2D eigenvalue weighted by Gasteiger charge is 2.35. The zero-order valence-electron chi connectivity index (χ0n) is 11.2. The Labute approximate surface area is 134 Å². The Hall–Kier alpha value is -0.410. The minimum absolute atomic E-state index is 0.0332. The molecule has 0 bridgehead atoms. The Bertz CT molecular complexity index is 602. The molecule has 0 spiro atoms.